The first kappa shape index (κ1) is 10.0. The van der Waals surface area contributed by atoms with E-state index in [0.29, 0.717) is 0 Å². The van der Waals surface area contributed by atoms with Crippen LogP contribution in [0, 0.1) is 0 Å². The fourth-order valence-corrected chi connectivity index (χ4v) is 2.74. The summed E-state index contributed by atoms with van der Waals surface area (Å²) in [6.45, 7) is 1.92. The summed E-state index contributed by atoms with van der Waals surface area (Å²) >= 11 is 1.83. The highest BCUT2D eigenvalue weighted by atomic mass is 32.2. The molecule has 14 heavy (non-hydrogen) atoms. The molecule has 2 N–H and O–H groups in total. The Labute approximate surface area is 87.7 Å². The summed E-state index contributed by atoms with van der Waals surface area (Å²) in [7, 11) is 1.86. The molecule has 4 nitrogen and oxygen atoms in total. The van der Waals surface area contributed by atoms with Gasteiger partial charge in [0, 0.05) is 42.9 Å². The third-order valence-corrected chi connectivity index (χ3v) is 3.67. The van der Waals surface area contributed by atoms with Crippen molar-refractivity contribution >= 4 is 11.8 Å². The van der Waals surface area contributed by atoms with Gasteiger partial charge in [-0.2, -0.15) is 16.9 Å². The summed E-state index contributed by atoms with van der Waals surface area (Å²) in [4.78, 5) is 0. The second-order valence-electron chi connectivity index (χ2n) is 3.51. The lowest BCUT2D eigenvalue weighted by molar-refractivity contribution is 0.172. The van der Waals surface area contributed by atoms with Gasteiger partial charge < -0.3 is 10.4 Å². The molecule has 1 fully saturated rings. The number of hydrogen-bond acceptors (Lipinski definition) is 4. The Hall–Kier alpha value is -0.520. The number of nitrogens with one attached hydrogen (secondary N) is 1. The first-order chi connectivity index (χ1) is 6.77. The van der Waals surface area contributed by atoms with Crippen molar-refractivity contribution < 1.29 is 5.11 Å². The van der Waals surface area contributed by atoms with Crippen LogP contribution in [0.25, 0.3) is 0 Å². The minimum atomic E-state index is -0.401. The number of aliphatic hydroxyl groups excluding tert-OH is 1. The lowest BCUT2D eigenvalue weighted by atomic mass is 10.1. The van der Waals surface area contributed by atoms with Crippen LogP contribution < -0.4 is 5.32 Å². The molecule has 2 heterocycles. The van der Waals surface area contributed by atoms with Crippen LogP contribution in [0.2, 0.25) is 0 Å². The van der Waals surface area contributed by atoms with E-state index in [2.05, 4.69) is 10.4 Å². The van der Waals surface area contributed by atoms with Crippen molar-refractivity contribution in [2.45, 2.75) is 11.4 Å². The zero-order valence-electron chi connectivity index (χ0n) is 8.18. The van der Waals surface area contributed by atoms with Gasteiger partial charge in [0.2, 0.25) is 0 Å². The van der Waals surface area contributed by atoms with Crippen molar-refractivity contribution in [3.63, 3.8) is 0 Å². The smallest absolute Gasteiger partial charge is 0.0951 e. The number of aromatic nitrogens is 2. The highest BCUT2D eigenvalue weighted by molar-refractivity contribution is 8.00. The minimum absolute atomic E-state index is 0.257. The number of rotatable bonds is 2. The Morgan fingerprint density at radius 1 is 1.79 bits per heavy atom. The quantitative estimate of drug-likeness (QED) is 0.735. The molecule has 0 aromatic carbocycles. The van der Waals surface area contributed by atoms with E-state index in [4.69, 9.17) is 0 Å². The summed E-state index contributed by atoms with van der Waals surface area (Å²) in [6, 6.07) is 0. The highest BCUT2D eigenvalue weighted by Crippen LogP contribution is 2.27. The summed E-state index contributed by atoms with van der Waals surface area (Å²) in [5, 5.41) is 17.6. The van der Waals surface area contributed by atoms with E-state index in [-0.39, 0.29) is 5.25 Å². The second-order valence-corrected chi connectivity index (χ2v) is 4.85. The van der Waals surface area contributed by atoms with Crippen molar-refractivity contribution in [2.24, 2.45) is 7.05 Å². The molecule has 0 saturated carbocycles. The van der Waals surface area contributed by atoms with Crippen LogP contribution in [-0.4, -0.2) is 39.0 Å². The largest absolute Gasteiger partial charge is 0.387 e. The lowest BCUT2D eigenvalue weighted by Gasteiger charge is -2.26. The zero-order chi connectivity index (χ0) is 9.97. The van der Waals surface area contributed by atoms with Crippen molar-refractivity contribution in [1.82, 2.24) is 15.1 Å². The van der Waals surface area contributed by atoms with Crippen molar-refractivity contribution in [1.29, 1.82) is 0 Å². The van der Waals surface area contributed by atoms with Gasteiger partial charge in [0.1, 0.15) is 0 Å². The Morgan fingerprint density at radius 2 is 2.64 bits per heavy atom. The Morgan fingerprint density at radius 3 is 3.21 bits per heavy atom. The highest BCUT2D eigenvalue weighted by Gasteiger charge is 2.24. The van der Waals surface area contributed by atoms with E-state index in [9.17, 15) is 5.11 Å². The van der Waals surface area contributed by atoms with Gasteiger partial charge in [-0.05, 0) is 0 Å². The third kappa shape index (κ3) is 2.10. The molecular formula is C9H15N3OS. The summed E-state index contributed by atoms with van der Waals surface area (Å²) in [6.07, 6.45) is 3.21. The van der Waals surface area contributed by atoms with Gasteiger partial charge >= 0.3 is 0 Å². The molecule has 1 aromatic rings. The predicted molar refractivity (Wildman–Crippen MR) is 57.3 cm³/mol. The standard InChI is InChI=1S/C9H15N3OS/c1-12-6-7(4-11-12)9(13)8-5-10-2-3-14-8/h4,6,8-10,13H,2-3,5H2,1H3. The molecule has 2 unspecified atom stereocenters. The van der Waals surface area contributed by atoms with Crippen molar-refractivity contribution in [3.05, 3.63) is 18.0 Å². The van der Waals surface area contributed by atoms with Gasteiger partial charge in [-0.1, -0.05) is 0 Å². The van der Waals surface area contributed by atoms with Crippen molar-refractivity contribution in [3.8, 4) is 0 Å². The van der Waals surface area contributed by atoms with Gasteiger partial charge in [0.25, 0.3) is 0 Å². The number of hydrogen-bond donors (Lipinski definition) is 2. The predicted octanol–water partition coefficient (Wildman–Crippen LogP) is 0.158. The molecule has 1 aromatic heterocycles. The SMILES string of the molecule is Cn1cc(C(O)C2CNCCS2)cn1. The van der Waals surface area contributed by atoms with Gasteiger partial charge in [0.05, 0.1) is 12.3 Å². The number of aryl methyl sites for hydroxylation is 1. The van der Waals surface area contributed by atoms with Crippen LogP contribution in [-0.2, 0) is 7.05 Å². The molecule has 0 aliphatic carbocycles. The van der Waals surface area contributed by atoms with Crippen LogP contribution in [0.1, 0.15) is 11.7 Å². The normalized spacial score (nSPS) is 24.9. The zero-order valence-corrected chi connectivity index (χ0v) is 9.00. The average molecular weight is 213 g/mol. The molecule has 78 valence electrons. The monoisotopic (exact) mass is 213 g/mol. The van der Waals surface area contributed by atoms with Gasteiger partial charge in [-0.3, -0.25) is 4.68 Å². The van der Waals surface area contributed by atoms with Crippen molar-refractivity contribution in [2.75, 3.05) is 18.8 Å². The molecule has 1 aliphatic rings. The fourth-order valence-electron chi connectivity index (χ4n) is 1.60. The third-order valence-electron chi connectivity index (χ3n) is 2.37. The van der Waals surface area contributed by atoms with Crippen LogP contribution in [0.3, 0.4) is 0 Å². The lowest BCUT2D eigenvalue weighted by Crippen LogP contribution is -2.36. The van der Waals surface area contributed by atoms with E-state index < -0.39 is 6.10 Å². The Balaban J connectivity index is 2.03. The average Bonchev–Trinajstić information content (AvgIpc) is 2.65. The number of aliphatic hydroxyl groups is 1. The van der Waals surface area contributed by atoms with Gasteiger partial charge in [-0.25, -0.2) is 0 Å². The summed E-state index contributed by atoms with van der Waals surface area (Å²) < 4.78 is 1.72. The van der Waals surface area contributed by atoms with E-state index >= 15 is 0 Å². The van der Waals surface area contributed by atoms with Crippen LogP contribution in [0.15, 0.2) is 12.4 Å². The molecule has 2 rings (SSSR count). The Kier molecular flexibility index (Phi) is 3.10. The Bertz CT molecular complexity index is 296. The van der Waals surface area contributed by atoms with Crippen LogP contribution >= 0.6 is 11.8 Å². The van der Waals surface area contributed by atoms with E-state index in [1.54, 1.807) is 10.9 Å². The van der Waals surface area contributed by atoms with Gasteiger partial charge in [-0.15, -0.1) is 0 Å². The minimum Gasteiger partial charge on any atom is -0.387 e. The molecule has 5 heteroatoms. The first-order valence-electron chi connectivity index (χ1n) is 4.76. The number of nitrogens with zero attached hydrogens (tertiary/aromatic N) is 2. The van der Waals surface area contributed by atoms with Crippen LogP contribution in [0.4, 0.5) is 0 Å². The molecule has 1 aliphatic heterocycles. The molecule has 0 amide bonds. The molecule has 0 spiro atoms. The van der Waals surface area contributed by atoms with E-state index in [1.807, 2.05) is 25.0 Å². The maximum Gasteiger partial charge on any atom is 0.0951 e. The van der Waals surface area contributed by atoms with Gasteiger partial charge in [0.15, 0.2) is 0 Å². The first-order valence-corrected chi connectivity index (χ1v) is 5.81. The maximum atomic E-state index is 10.0. The summed E-state index contributed by atoms with van der Waals surface area (Å²) in [5.74, 6) is 1.07. The maximum absolute atomic E-state index is 10.0. The fraction of sp³-hybridized carbons (Fsp3) is 0.667. The summed E-state index contributed by atoms with van der Waals surface area (Å²) in [5.41, 5.74) is 0.911. The molecule has 1 saturated heterocycles. The van der Waals surface area contributed by atoms with Crippen LogP contribution in [0.5, 0.6) is 0 Å². The molecule has 0 bridgehead atoms. The molecule has 0 radical (unpaired) electrons. The van der Waals surface area contributed by atoms with E-state index in [0.717, 1.165) is 24.4 Å². The second kappa shape index (κ2) is 4.33. The molecule has 2 atom stereocenters. The van der Waals surface area contributed by atoms with E-state index in [1.165, 1.54) is 0 Å². The topological polar surface area (TPSA) is 50.1 Å². The number of thioether (sulfide) groups is 1. The molecular weight excluding hydrogens is 198 g/mol.